The number of phosphoric acid groups is 1. The number of phosphoric ester groups is 1. The minimum absolute atomic E-state index is 0.138. The van der Waals surface area contributed by atoms with E-state index in [2.05, 4.69) is 100 Å². The number of rotatable bonds is 10. The quantitative estimate of drug-likeness (QED) is 0.181. The Balaban J connectivity index is 6.19. The van der Waals surface area contributed by atoms with E-state index in [-0.39, 0.29) is 23.9 Å². The van der Waals surface area contributed by atoms with Crippen molar-refractivity contribution in [1.82, 2.24) is 0 Å². The van der Waals surface area contributed by atoms with Gasteiger partial charge in [0.2, 0.25) is 0 Å². The molecule has 2 N–H and O–H groups in total. The van der Waals surface area contributed by atoms with Crippen LogP contribution in [0.5, 0.6) is 0 Å². The van der Waals surface area contributed by atoms with Crippen LogP contribution in [-0.4, -0.2) is 38.4 Å². The van der Waals surface area contributed by atoms with Crippen molar-refractivity contribution in [3.05, 3.63) is 0 Å². The van der Waals surface area contributed by atoms with E-state index in [0.29, 0.717) is 10.7 Å². The largest absolute Gasteiger partial charge is 0.469 e. The summed E-state index contributed by atoms with van der Waals surface area (Å²) in [5.41, 5.74) is -0.766. The van der Waals surface area contributed by atoms with Crippen LogP contribution in [0.2, 0.25) is 0 Å². The Kier molecular flexibility index (Phi) is 10.9. The molecular weight excluding hydrogens is 766 g/mol. The molecule has 0 fully saturated rings. The zero-order valence-corrected chi connectivity index (χ0v) is 25.3. The van der Waals surface area contributed by atoms with Crippen LogP contribution in [0.15, 0.2) is 0 Å². The van der Waals surface area contributed by atoms with Crippen LogP contribution in [0.25, 0.3) is 0 Å². The summed E-state index contributed by atoms with van der Waals surface area (Å²) in [6.45, 7) is 7.85. The highest BCUT2D eigenvalue weighted by Crippen LogP contribution is 2.67. The van der Waals surface area contributed by atoms with Gasteiger partial charge in [-0.2, -0.15) is 0 Å². The molecule has 0 bridgehead atoms. The average molecular weight is 788 g/mol. The molecule has 0 saturated heterocycles. The van der Waals surface area contributed by atoms with Crippen LogP contribution >= 0.6 is 115 Å². The van der Waals surface area contributed by atoms with Crippen molar-refractivity contribution >= 4 is 115 Å². The predicted molar refractivity (Wildman–Crippen MR) is 128 cm³/mol. The molecule has 0 amide bonds. The molecule has 152 valence electrons. The summed E-state index contributed by atoms with van der Waals surface area (Å²) in [6.07, 6.45) is 0.138. The first-order chi connectivity index (χ1) is 10.8. The fraction of sp³-hybridized carbons (Fsp3) is 1.00. The molecule has 0 rings (SSSR count). The molecule has 0 saturated carbocycles. The molecule has 0 atom stereocenters. The SMILES string of the molecule is CC(C)(CBr)C(Br)(Br)C(Cl)(CCOP(=O)(O)O)C(Br)(Br)C(C)(C)CBr. The number of alkyl halides is 7. The van der Waals surface area contributed by atoms with Gasteiger partial charge in [-0.25, -0.2) is 4.57 Å². The minimum Gasteiger partial charge on any atom is -0.303 e. The van der Waals surface area contributed by atoms with Gasteiger partial charge in [-0.15, -0.1) is 11.6 Å². The van der Waals surface area contributed by atoms with Crippen molar-refractivity contribution in [3.63, 3.8) is 0 Å². The first kappa shape index (κ1) is 28.3. The molecule has 0 radical (unpaired) electrons. The van der Waals surface area contributed by atoms with Crippen molar-refractivity contribution in [2.75, 3.05) is 17.3 Å². The molecule has 0 aliphatic rings. The lowest BCUT2D eigenvalue weighted by atomic mass is 9.74. The van der Waals surface area contributed by atoms with Gasteiger partial charge >= 0.3 is 7.82 Å². The maximum atomic E-state index is 11.1. The molecule has 0 aliphatic carbocycles. The molecule has 0 unspecified atom stereocenters. The zero-order valence-electron chi connectivity index (χ0n) is 14.1. The van der Waals surface area contributed by atoms with E-state index >= 15 is 0 Å². The normalized spacial score (nSPS) is 15.6. The van der Waals surface area contributed by atoms with Crippen molar-refractivity contribution in [2.24, 2.45) is 10.8 Å². The second-order valence-electron chi connectivity index (χ2n) is 7.06. The highest BCUT2D eigenvalue weighted by molar-refractivity contribution is 9.26. The third kappa shape index (κ3) is 6.14. The summed E-state index contributed by atoms with van der Waals surface area (Å²) >= 11 is 29.3. The lowest BCUT2D eigenvalue weighted by Gasteiger charge is -2.57. The smallest absolute Gasteiger partial charge is 0.303 e. The minimum atomic E-state index is -4.59. The van der Waals surface area contributed by atoms with E-state index in [1.165, 1.54) is 0 Å². The van der Waals surface area contributed by atoms with Gasteiger partial charge in [0.1, 0.15) is 6.47 Å². The van der Waals surface area contributed by atoms with Gasteiger partial charge in [0.25, 0.3) is 0 Å². The van der Waals surface area contributed by atoms with Crippen LogP contribution in [0, 0.1) is 10.8 Å². The molecule has 0 aromatic carbocycles. The summed E-state index contributed by atoms with van der Waals surface area (Å²) in [7, 11) is -4.59. The Labute approximate surface area is 205 Å². The van der Waals surface area contributed by atoms with Crippen molar-refractivity contribution in [3.8, 4) is 0 Å². The molecule has 0 aromatic heterocycles. The fourth-order valence-electron chi connectivity index (χ4n) is 2.06. The van der Waals surface area contributed by atoms with Gasteiger partial charge in [-0.1, -0.05) is 123 Å². The van der Waals surface area contributed by atoms with Gasteiger partial charge in [0.15, 0.2) is 0 Å². The van der Waals surface area contributed by atoms with Gasteiger partial charge in [-0.3, -0.25) is 4.52 Å². The molecule has 0 aromatic rings. The molecular formula is C13H22Br6ClO4P. The lowest BCUT2D eigenvalue weighted by molar-refractivity contribution is 0.166. The molecule has 0 aliphatic heterocycles. The van der Waals surface area contributed by atoms with Gasteiger partial charge in [0.05, 0.1) is 11.5 Å². The third-order valence-electron chi connectivity index (χ3n) is 4.07. The van der Waals surface area contributed by atoms with Crippen molar-refractivity contribution < 1.29 is 18.9 Å². The lowest BCUT2D eigenvalue weighted by Crippen LogP contribution is -2.64. The maximum absolute atomic E-state index is 11.1. The summed E-state index contributed by atoms with van der Waals surface area (Å²) < 4.78 is 14.1. The highest BCUT2D eigenvalue weighted by Gasteiger charge is 2.67. The Morgan fingerprint density at radius 2 is 1.24 bits per heavy atom. The fourth-order valence-corrected chi connectivity index (χ4v) is 8.93. The van der Waals surface area contributed by atoms with Gasteiger partial charge in [-0.05, 0) is 6.42 Å². The molecule has 0 heterocycles. The van der Waals surface area contributed by atoms with E-state index in [4.69, 9.17) is 21.4 Å². The summed E-state index contributed by atoms with van der Waals surface area (Å²) in [4.78, 5) is 16.9. The molecule has 0 spiro atoms. The van der Waals surface area contributed by atoms with E-state index in [1.54, 1.807) is 0 Å². The second kappa shape index (κ2) is 9.61. The van der Waals surface area contributed by atoms with E-state index in [1.807, 2.05) is 27.7 Å². The maximum Gasteiger partial charge on any atom is 0.469 e. The Morgan fingerprint density at radius 3 is 1.48 bits per heavy atom. The predicted octanol–water partition coefficient (Wildman–Crippen LogP) is 7.28. The summed E-state index contributed by atoms with van der Waals surface area (Å²) in [5, 5.41) is 1.24. The third-order valence-corrected chi connectivity index (χ3v) is 16.1. The van der Waals surface area contributed by atoms with Crippen LogP contribution in [0.1, 0.15) is 34.1 Å². The summed E-state index contributed by atoms with van der Waals surface area (Å²) in [6, 6.07) is 0. The van der Waals surface area contributed by atoms with Crippen molar-refractivity contribution in [1.29, 1.82) is 0 Å². The topological polar surface area (TPSA) is 66.8 Å². The second-order valence-corrected chi connectivity index (χ2v) is 17.0. The molecule has 4 nitrogen and oxygen atoms in total. The van der Waals surface area contributed by atoms with E-state index in [0.717, 1.165) is 0 Å². The van der Waals surface area contributed by atoms with E-state index < -0.39 is 19.2 Å². The Hall–Kier alpha value is 3.28. The molecule has 12 heteroatoms. The number of hydrogen-bond acceptors (Lipinski definition) is 2. The first-order valence-electron chi connectivity index (χ1n) is 7.09. The number of hydrogen-bond donors (Lipinski definition) is 2. The van der Waals surface area contributed by atoms with Crippen LogP contribution in [0.3, 0.4) is 0 Å². The van der Waals surface area contributed by atoms with Crippen LogP contribution in [-0.2, 0) is 9.09 Å². The Bertz CT molecular complexity index is 481. The van der Waals surface area contributed by atoms with Crippen LogP contribution in [0.4, 0.5) is 0 Å². The Morgan fingerprint density at radius 1 is 0.920 bits per heavy atom. The summed E-state index contributed by atoms with van der Waals surface area (Å²) in [5.74, 6) is 0. The number of halogens is 7. The average Bonchev–Trinajstić information content (AvgIpc) is 2.44. The standard InChI is InChI=1S/C13H22Br6ClO4P/c1-9(2,7-14)12(16,17)11(20,5-6-24-25(21,22)23)13(18,19)10(3,4)8-15/h5-8H2,1-4H3,(H2,21,22,23). The van der Waals surface area contributed by atoms with Gasteiger partial charge < -0.3 is 9.79 Å². The van der Waals surface area contributed by atoms with Gasteiger partial charge in [0, 0.05) is 21.5 Å². The highest BCUT2D eigenvalue weighted by atomic mass is 79.9. The monoisotopic (exact) mass is 782 g/mol. The zero-order chi connectivity index (χ0) is 20.5. The van der Waals surface area contributed by atoms with Crippen molar-refractivity contribution in [2.45, 2.75) is 45.5 Å². The van der Waals surface area contributed by atoms with E-state index in [9.17, 15) is 4.57 Å². The van der Waals surface area contributed by atoms with Crippen LogP contribution < -0.4 is 0 Å². The first-order valence-corrected chi connectivity index (χ1v) is 14.4. The molecule has 25 heavy (non-hydrogen) atoms.